The molecule has 0 radical (unpaired) electrons. The van der Waals surface area contributed by atoms with E-state index in [-0.39, 0.29) is 12.5 Å². The van der Waals surface area contributed by atoms with Gasteiger partial charge >= 0.3 is 6.09 Å². The van der Waals surface area contributed by atoms with Gasteiger partial charge in [-0.15, -0.1) is 0 Å². The predicted molar refractivity (Wildman–Crippen MR) is 115 cm³/mol. The van der Waals surface area contributed by atoms with Crippen molar-refractivity contribution in [3.63, 3.8) is 0 Å². The van der Waals surface area contributed by atoms with Crippen molar-refractivity contribution in [3.8, 4) is 0 Å². The molecule has 1 aromatic carbocycles. The zero-order valence-corrected chi connectivity index (χ0v) is 17.5. The Balaban J connectivity index is 1.93. The van der Waals surface area contributed by atoms with Crippen LogP contribution in [0.15, 0.2) is 18.2 Å². The average molecular weight is 428 g/mol. The molecule has 2 aromatic rings. The van der Waals surface area contributed by atoms with Gasteiger partial charge in [0.2, 0.25) is 0 Å². The maximum Gasteiger partial charge on any atom is 0.404 e. The molecule has 3 rings (SSSR count). The normalized spacial score (nSPS) is 13.9. The van der Waals surface area contributed by atoms with E-state index in [0.29, 0.717) is 52.3 Å². The van der Waals surface area contributed by atoms with Crippen molar-refractivity contribution in [2.45, 2.75) is 39.7 Å². The van der Waals surface area contributed by atoms with Gasteiger partial charge in [-0.05, 0) is 62.9 Å². The Labute approximate surface area is 179 Å². The van der Waals surface area contributed by atoms with Crippen LogP contribution in [0.25, 0.3) is 11.6 Å². The fourth-order valence-corrected chi connectivity index (χ4v) is 3.92. The molecule has 164 valence electrons. The van der Waals surface area contributed by atoms with E-state index < -0.39 is 17.8 Å². The Morgan fingerprint density at radius 2 is 1.94 bits per heavy atom. The number of ether oxygens (including phenoxy) is 1. The smallest absolute Gasteiger partial charge is 0.404 e. The minimum atomic E-state index is -0.802. The van der Waals surface area contributed by atoms with E-state index in [2.05, 4.69) is 5.32 Å². The number of nitrogens with two attached hydrogens (primary N) is 2. The van der Waals surface area contributed by atoms with Gasteiger partial charge < -0.3 is 26.1 Å². The van der Waals surface area contributed by atoms with Crippen LogP contribution in [0.5, 0.6) is 0 Å². The molecular weight excluding hydrogens is 403 g/mol. The lowest BCUT2D eigenvalue weighted by atomic mass is 10.0. The van der Waals surface area contributed by atoms with E-state index >= 15 is 0 Å². The van der Waals surface area contributed by atoms with Gasteiger partial charge in [-0.1, -0.05) is 0 Å². The Morgan fingerprint density at radius 1 is 1.19 bits per heavy atom. The van der Waals surface area contributed by atoms with Gasteiger partial charge in [0, 0.05) is 29.2 Å². The molecule has 0 saturated carbocycles. The average Bonchev–Trinajstić information content (AvgIpc) is 3.12. The van der Waals surface area contributed by atoms with Crippen molar-refractivity contribution in [2.75, 3.05) is 11.9 Å². The van der Waals surface area contributed by atoms with Gasteiger partial charge in [-0.2, -0.15) is 0 Å². The van der Waals surface area contributed by atoms with Crippen molar-refractivity contribution in [1.29, 1.82) is 0 Å². The third kappa shape index (κ3) is 4.60. The summed E-state index contributed by atoms with van der Waals surface area (Å²) in [5.41, 5.74) is 14.3. The van der Waals surface area contributed by atoms with Crippen molar-refractivity contribution < 1.29 is 23.5 Å². The number of fused-ring (bicyclic) bond motifs is 1. The lowest BCUT2D eigenvalue weighted by Gasteiger charge is -2.11. The number of hydrogen-bond acceptors (Lipinski definition) is 4. The monoisotopic (exact) mass is 428 g/mol. The molecule has 0 atom stereocenters. The van der Waals surface area contributed by atoms with Crippen molar-refractivity contribution in [1.82, 2.24) is 4.57 Å². The minimum absolute atomic E-state index is 0.241. The number of nitrogens with zero attached hydrogens (tertiary/aromatic N) is 1. The van der Waals surface area contributed by atoms with E-state index in [1.807, 2.05) is 4.57 Å². The van der Waals surface area contributed by atoms with Crippen LogP contribution in [-0.2, 0) is 16.1 Å². The molecule has 1 aliphatic heterocycles. The van der Waals surface area contributed by atoms with Crippen LogP contribution in [0.1, 0.15) is 52.1 Å². The van der Waals surface area contributed by atoms with Crippen LogP contribution >= 0.6 is 0 Å². The first kappa shape index (κ1) is 22.1. The molecule has 8 nitrogen and oxygen atoms in total. The Bertz CT molecular complexity index is 1090. The van der Waals surface area contributed by atoms with Crippen LogP contribution in [0.2, 0.25) is 0 Å². The Kier molecular flexibility index (Phi) is 6.43. The largest absolute Gasteiger partial charge is 0.450 e. The summed E-state index contributed by atoms with van der Waals surface area (Å²) in [7, 11) is 0. The Hall–Kier alpha value is -3.62. The lowest BCUT2D eigenvalue weighted by molar-refractivity contribution is -0.110. The zero-order chi connectivity index (χ0) is 22.7. The number of aromatic nitrogens is 1. The minimum Gasteiger partial charge on any atom is -0.450 e. The van der Waals surface area contributed by atoms with Gasteiger partial charge in [-0.3, -0.25) is 9.59 Å². The number of carbonyl (C=O) groups is 3. The third-order valence-electron chi connectivity index (χ3n) is 5.38. The number of primary amides is 2. The molecular formula is C22H25FN4O4. The van der Waals surface area contributed by atoms with E-state index in [0.717, 1.165) is 12.8 Å². The highest BCUT2D eigenvalue weighted by Gasteiger charge is 2.27. The molecule has 0 fully saturated rings. The van der Waals surface area contributed by atoms with Gasteiger partial charge in [0.1, 0.15) is 5.82 Å². The fraction of sp³-hybridized carbons (Fsp3) is 0.318. The van der Waals surface area contributed by atoms with Crippen LogP contribution in [0, 0.1) is 19.7 Å². The van der Waals surface area contributed by atoms with Gasteiger partial charge in [-0.25, -0.2) is 9.18 Å². The maximum absolute atomic E-state index is 13.8. The molecule has 3 amide bonds. The summed E-state index contributed by atoms with van der Waals surface area (Å²) in [6, 6.07) is 4.11. The number of benzene rings is 1. The topological polar surface area (TPSA) is 129 Å². The standard InChI is InChI=1S/C22H25FN4O4/c1-12-18(11-16-15-10-14(23)6-7-17(15)26-21(16)29)27(13(2)19(12)20(24)28)8-4-3-5-9-31-22(25)30/h6-7,10-11H,3-5,8-9H2,1-2H3,(H2,24,28)(H2,25,30)(H,26,29)/b16-11-. The summed E-state index contributed by atoms with van der Waals surface area (Å²) in [4.78, 5) is 35.2. The number of unbranched alkanes of at least 4 members (excludes halogenated alkanes) is 2. The van der Waals surface area contributed by atoms with Gasteiger partial charge in [0.05, 0.1) is 17.7 Å². The molecule has 0 aliphatic carbocycles. The summed E-state index contributed by atoms with van der Waals surface area (Å²) in [5, 5.41) is 2.73. The van der Waals surface area contributed by atoms with Crippen LogP contribution in [0.4, 0.5) is 14.9 Å². The van der Waals surface area contributed by atoms with Gasteiger partial charge in [0.25, 0.3) is 11.8 Å². The predicted octanol–water partition coefficient (Wildman–Crippen LogP) is 3.10. The fourth-order valence-electron chi connectivity index (χ4n) is 3.92. The second-order valence-electron chi connectivity index (χ2n) is 7.42. The van der Waals surface area contributed by atoms with Gasteiger partial charge in [0.15, 0.2) is 0 Å². The second-order valence-corrected chi connectivity index (χ2v) is 7.42. The van der Waals surface area contributed by atoms with Crippen molar-refractivity contribution in [2.24, 2.45) is 11.5 Å². The highest BCUT2D eigenvalue weighted by atomic mass is 19.1. The number of carbonyl (C=O) groups excluding carboxylic acids is 3. The van der Waals surface area contributed by atoms with Crippen molar-refractivity contribution in [3.05, 3.63) is 52.1 Å². The summed E-state index contributed by atoms with van der Waals surface area (Å²) in [6.45, 7) is 4.38. The van der Waals surface area contributed by atoms with Crippen molar-refractivity contribution >= 4 is 35.2 Å². The molecule has 31 heavy (non-hydrogen) atoms. The Morgan fingerprint density at radius 3 is 2.61 bits per heavy atom. The summed E-state index contributed by atoms with van der Waals surface area (Å²) < 4.78 is 20.4. The molecule has 9 heteroatoms. The maximum atomic E-state index is 13.8. The number of halogens is 1. The number of hydrogen-bond donors (Lipinski definition) is 3. The molecule has 0 spiro atoms. The first-order chi connectivity index (χ1) is 14.7. The molecule has 1 aliphatic rings. The number of amides is 3. The summed E-state index contributed by atoms with van der Waals surface area (Å²) in [5.74, 6) is -1.33. The molecule has 0 bridgehead atoms. The first-order valence-corrected chi connectivity index (χ1v) is 9.95. The zero-order valence-electron chi connectivity index (χ0n) is 17.5. The number of nitrogens with one attached hydrogen (secondary N) is 1. The second kappa shape index (κ2) is 9.03. The quantitative estimate of drug-likeness (QED) is 0.441. The SMILES string of the molecule is Cc1c(C(N)=O)c(C)n(CCCCCOC(N)=O)c1/C=C1\C(=O)Nc2ccc(F)cc21. The van der Waals surface area contributed by atoms with E-state index in [9.17, 15) is 18.8 Å². The highest BCUT2D eigenvalue weighted by molar-refractivity contribution is 6.35. The van der Waals surface area contributed by atoms with E-state index in [1.54, 1.807) is 19.9 Å². The van der Waals surface area contributed by atoms with E-state index in [4.69, 9.17) is 16.2 Å². The summed E-state index contributed by atoms with van der Waals surface area (Å²) >= 11 is 0. The van der Waals surface area contributed by atoms with E-state index in [1.165, 1.54) is 18.2 Å². The molecule has 2 heterocycles. The molecule has 0 saturated heterocycles. The molecule has 0 unspecified atom stereocenters. The van der Waals surface area contributed by atoms with Crippen LogP contribution < -0.4 is 16.8 Å². The lowest BCUT2D eigenvalue weighted by Crippen LogP contribution is -2.14. The first-order valence-electron chi connectivity index (χ1n) is 9.95. The number of rotatable bonds is 8. The molecule has 1 aromatic heterocycles. The van der Waals surface area contributed by atoms with Crippen LogP contribution in [0.3, 0.4) is 0 Å². The third-order valence-corrected chi connectivity index (χ3v) is 5.38. The van der Waals surface area contributed by atoms with Crippen LogP contribution in [-0.4, -0.2) is 29.1 Å². The number of anilines is 1. The summed E-state index contributed by atoms with van der Waals surface area (Å²) in [6.07, 6.45) is 3.02. The highest BCUT2D eigenvalue weighted by Crippen LogP contribution is 2.35. The molecule has 5 N–H and O–H groups in total.